The van der Waals surface area contributed by atoms with E-state index in [1.54, 1.807) is 18.6 Å². The molecule has 0 aromatic carbocycles. The van der Waals surface area contributed by atoms with Crippen molar-refractivity contribution >= 4 is 5.82 Å². The first-order chi connectivity index (χ1) is 9.22. The molecule has 100 valence electrons. The van der Waals surface area contributed by atoms with Gasteiger partial charge < -0.3 is 10.0 Å². The average molecular weight is 259 g/mol. The monoisotopic (exact) mass is 259 g/mol. The molecule has 0 unspecified atom stereocenters. The Kier molecular flexibility index (Phi) is 3.16. The van der Waals surface area contributed by atoms with E-state index in [4.69, 9.17) is 0 Å². The molecule has 6 nitrogen and oxygen atoms in total. The van der Waals surface area contributed by atoms with Crippen molar-refractivity contribution in [3.8, 4) is 0 Å². The molecule has 2 aromatic rings. The van der Waals surface area contributed by atoms with Crippen LogP contribution in [0.25, 0.3) is 0 Å². The highest BCUT2D eigenvalue weighted by Crippen LogP contribution is 2.24. The van der Waals surface area contributed by atoms with Crippen LogP contribution in [0.5, 0.6) is 0 Å². The predicted molar refractivity (Wildman–Crippen MR) is 70.8 cm³/mol. The van der Waals surface area contributed by atoms with Crippen LogP contribution in [-0.2, 0) is 6.42 Å². The zero-order chi connectivity index (χ0) is 13.2. The maximum Gasteiger partial charge on any atom is 0.147 e. The normalized spacial score (nSPS) is 22.9. The van der Waals surface area contributed by atoms with Crippen molar-refractivity contribution in [2.24, 2.45) is 5.92 Å². The number of aliphatic hydroxyl groups is 1. The van der Waals surface area contributed by atoms with Gasteiger partial charge in [-0.15, -0.1) is 0 Å². The number of nitrogens with one attached hydrogen (secondary N) is 1. The molecule has 2 atom stereocenters. The lowest BCUT2D eigenvalue weighted by Crippen LogP contribution is -2.22. The van der Waals surface area contributed by atoms with Crippen molar-refractivity contribution in [3.05, 3.63) is 36.0 Å². The van der Waals surface area contributed by atoms with Crippen LogP contribution in [0.2, 0.25) is 0 Å². The summed E-state index contributed by atoms with van der Waals surface area (Å²) in [5, 5.41) is 17.3. The highest BCUT2D eigenvalue weighted by molar-refractivity contribution is 5.37. The number of aryl methyl sites for hydroxylation is 1. The molecule has 1 aliphatic rings. The fraction of sp³-hybridized carbons (Fsp3) is 0.462. The Balaban J connectivity index is 1.68. The van der Waals surface area contributed by atoms with Crippen molar-refractivity contribution in [2.75, 3.05) is 18.0 Å². The molecule has 1 saturated heterocycles. The van der Waals surface area contributed by atoms with E-state index in [2.05, 4.69) is 25.1 Å². The minimum Gasteiger partial charge on any atom is -0.391 e. The van der Waals surface area contributed by atoms with Gasteiger partial charge >= 0.3 is 0 Å². The van der Waals surface area contributed by atoms with Crippen LogP contribution >= 0.6 is 0 Å². The van der Waals surface area contributed by atoms with Gasteiger partial charge in [-0.3, -0.25) is 10.1 Å². The van der Waals surface area contributed by atoms with Crippen LogP contribution in [0.4, 0.5) is 5.82 Å². The zero-order valence-corrected chi connectivity index (χ0v) is 10.8. The summed E-state index contributed by atoms with van der Waals surface area (Å²) in [6.45, 7) is 3.37. The zero-order valence-electron chi connectivity index (χ0n) is 10.8. The van der Waals surface area contributed by atoms with Gasteiger partial charge in [-0.25, -0.2) is 4.98 Å². The van der Waals surface area contributed by atoms with E-state index in [9.17, 15) is 5.11 Å². The van der Waals surface area contributed by atoms with E-state index in [0.717, 1.165) is 30.2 Å². The first kappa shape index (κ1) is 12.1. The van der Waals surface area contributed by atoms with E-state index >= 15 is 0 Å². The number of aromatic amines is 1. The Morgan fingerprint density at radius 2 is 2.32 bits per heavy atom. The van der Waals surface area contributed by atoms with Crippen molar-refractivity contribution in [2.45, 2.75) is 19.4 Å². The highest BCUT2D eigenvalue weighted by atomic mass is 16.3. The van der Waals surface area contributed by atoms with Crippen molar-refractivity contribution < 1.29 is 5.11 Å². The molecular formula is C13H17N5O. The molecular weight excluding hydrogens is 242 g/mol. The van der Waals surface area contributed by atoms with E-state index in [0.29, 0.717) is 6.54 Å². The summed E-state index contributed by atoms with van der Waals surface area (Å²) < 4.78 is 0. The van der Waals surface area contributed by atoms with E-state index in [1.807, 2.05) is 13.0 Å². The Morgan fingerprint density at radius 1 is 1.42 bits per heavy atom. The predicted octanol–water partition coefficient (Wildman–Crippen LogP) is 0.548. The highest BCUT2D eigenvalue weighted by Gasteiger charge is 2.32. The van der Waals surface area contributed by atoms with Crippen LogP contribution in [0.1, 0.15) is 11.4 Å². The topological polar surface area (TPSA) is 77.9 Å². The maximum atomic E-state index is 10.2. The lowest BCUT2D eigenvalue weighted by molar-refractivity contribution is 0.148. The van der Waals surface area contributed by atoms with Crippen LogP contribution in [0, 0.1) is 12.8 Å². The van der Waals surface area contributed by atoms with Gasteiger partial charge in [0.25, 0.3) is 0 Å². The molecule has 3 heterocycles. The molecule has 6 heteroatoms. The van der Waals surface area contributed by atoms with Gasteiger partial charge in [-0.1, -0.05) is 0 Å². The number of β-amino-alcohol motifs (C(OH)–C–C–N with tert-alkyl or cyclic N) is 1. The van der Waals surface area contributed by atoms with Gasteiger partial charge in [0.05, 0.1) is 18.0 Å². The van der Waals surface area contributed by atoms with Gasteiger partial charge in [-0.05, 0) is 19.4 Å². The van der Waals surface area contributed by atoms with Crippen LogP contribution in [-0.4, -0.2) is 44.5 Å². The van der Waals surface area contributed by atoms with Gasteiger partial charge in [0.1, 0.15) is 5.82 Å². The lowest BCUT2D eigenvalue weighted by Gasteiger charge is -2.15. The minimum absolute atomic E-state index is 0.185. The molecule has 19 heavy (non-hydrogen) atoms. The molecule has 1 aliphatic heterocycles. The molecule has 2 N–H and O–H groups in total. The number of hydrogen-bond donors (Lipinski definition) is 2. The molecule has 3 rings (SSSR count). The largest absolute Gasteiger partial charge is 0.391 e. The summed E-state index contributed by atoms with van der Waals surface area (Å²) in [7, 11) is 0. The van der Waals surface area contributed by atoms with Gasteiger partial charge in [0, 0.05) is 37.1 Å². The fourth-order valence-corrected chi connectivity index (χ4v) is 2.54. The average Bonchev–Trinajstić information content (AvgIpc) is 2.98. The molecule has 2 aromatic heterocycles. The Bertz CT molecular complexity index is 541. The molecule has 0 saturated carbocycles. The molecule has 0 aliphatic carbocycles. The molecule has 0 bridgehead atoms. The number of hydrogen-bond acceptors (Lipinski definition) is 5. The first-order valence-corrected chi connectivity index (χ1v) is 6.42. The number of nitrogens with zero attached hydrogens (tertiary/aromatic N) is 4. The second-order valence-corrected chi connectivity index (χ2v) is 5.04. The number of aromatic nitrogens is 4. The van der Waals surface area contributed by atoms with Crippen molar-refractivity contribution in [1.82, 2.24) is 20.2 Å². The first-order valence-electron chi connectivity index (χ1n) is 6.42. The van der Waals surface area contributed by atoms with Crippen molar-refractivity contribution in [1.29, 1.82) is 0 Å². The quantitative estimate of drug-likeness (QED) is 0.841. The van der Waals surface area contributed by atoms with E-state index < -0.39 is 0 Å². The third-order valence-corrected chi connectivity index (χ3v) is 3.51. The van der Waals surface area contributed by atoms with Crippen LogP contribution in [0.3, 0.4) is 0 Å². The third-order valence-electron chi connectivity index (χ3n) is 3.51. The summed E-state index contributed by atoms with van der Waals surface area (Å²) in [5.74, 6) is 1.01. The Hall–Kier alpha value is -1.95. The Morgan fingerprint density at radius 3 is 3.00 bits per heavy atom. The van der Waals surface area contributed by atoms with Crippen LogP contribution < -0.4 is 4.90 Å². The maximum absolute atomic E-state index is 10.2. The SMILES string of the molecule is Cc1cc(C[C@@H]2CN(c3cnccn3)C[C@H]2O)n[nH]1. The van der Waals surface area contributed by atoms with Gasteiger partial charge in [-0.2, -0.15) is 5.10 Å². The van der Waals surface area contributed by atoms with Gasteiger partial charge in [0.2, 0.25) is 0 Å². The standard InChI is InChI=1S/C13H17N5O/c1-9-4-11(17-16-9)5-10-7-18(8-12(10)19)13-6-14-2-3-15-13/h2-4,6,10,12,19H,5,7-8H2,1H3,(H,16,17)/t10-,12-/m1/s1. The second-order valence-electron chi connectivity index (χ2n) is 5.04. The minimum atomic E-state index is -0.348. The van der Waals surface area contributed by atoms with E-state index in [-0.39, 0.29) is 12.0 Å². The van der Waals surface area contributed by atoms with E-state index in [1.165, 1.54) is 0 Å². The second kappa shape index (κ2) is 4.97. The molecule has 0 spiro atoms. The molecule has 0 amide bonds. The summed E-state index contributed by atoms with van der Waals surface area (Å²) in [6, 6.07) is 2.03. The van der Waals surface area contributed by atoms with Crippen LogP contribution in [0.15, 0.2) is 24.7 Å². The fourth-order valence-electron chi connectivity index (χ4n) is 2.54. The summed E-state index contributed by atoms with van der Waals surface area (Å²) in [5.41, 5.74) is 2.05. The lowest BCUT2D eigenvalue weighted by atomic mass is 10.0. The Labute approximate surface area is 111 Å². The molecule has 0 radical (unpaired) electrons. The third kappa shape index (κ3) is 2.58. The number of anilines is 1. The van der Waals surface area contributed by atoms with Crippen molar-refractivity contribution in [3.63, 3.8) is 0 Å². The molecule has 1 fully saturated rings. The number of rotatable bonds is 3. The summed E-state index contributed by atoms with van der Waals surface area (Å²) >= 11 is 0. The number of aliphatic hydroxyl groups excluding tert-OH is 1. The number of H-pyrrole nitrogens is 1. The smallest absolute Gasteiger partial charge is 0.147 e. The summed E-state index contributed by atoms with van der Waals surface area (Å²) in [4.78, 5) is 10.4. The summed E-state index contributed by atoms with van der Waals surface area (Å²) in [6.07, 6.45) is 5.49. The van der Waals surface area contributed by atoms with Gasteiger partial charge in [0.15, 0.2) is 0 Å².